The first kappa shape index (κ1) is 13.9. The first-order chi connectivity index (χ1) is 10.3. The Bertz CT molecular complexity index is 620. The zero-order valence-electron chi connectivity index (χ0n) is 12.3. The van der Waals surface area contributed by atoms with Crippen LogP contribution in [0.2, 0.25) is 0 Å². The maximum absolute atomic E-state index is 11.8. The van der Waals surface area contributed by atoms with E-state index >= 15 is 0 Å². The van der Waals surface area contributed by atoms with E-state index < -0.39 is 0 Å². The summed E-state index contributed by atoms with van der Waals surface area (Å²) in [5, 5.41) is 0. The molecule has 0 spiro atoms. The third-order valence-corrected chi connectivity index (χ3v) is 4.08. The molecule has 1 aromatic heterocycles. The molecule has 0 bridgehead atoms. The highest BCUT2D eigenvalue weighted by Gasteiger charge is 2.22. The Balaban J connectivity index is 1.83. The zero-order chi connectivity index (χ0) is 14.7. The highest BCUT2D eigenvalue weighted by atomic mass is 16.5. The van der Waals surface area contributed by atoms with Crippen LogP contribution in [0.5, 0.6) is 0 Å². The van der Waals surface area contributed by atoms with E-state index in [1.807, 2.05) is 37.8 Å². The molecule has 0 fully saturated rings. The predicted molar refractivity (Wildman–Crippen MR) is 80.3 cm³/mol. The molecule has 1 heterocycles. The van der Waals surface area contributed by atoms with Crippen LogP contribution in [-0.4, -0.2) is 22.1 Å². The van der Waals surface area contributed by atoms with Crippen molar-refractivity contribution in [2.75, 3.05) is 6.61 Å². The number of fused-ring (bicyclic) bond motifs is 1. The normalized spacial score (nSPS) is 17.3. The van der Waals surface area contributed by atoms with Crippen molar-refractivity contribution in [2.24, 2.45) is 0 Å². The number of aromatic nitrogens is 2. The molecule has 3 rings (SSSR count). The van der Waals surface area contributed by atoms with Gasteiger partial charge in [-0.2, -0.15) is 0 Å². The smallest absolute Gasteiger partial charge is 0.338 e. The minimum absolute atomic E-state index is 0.225. The van der Waals surface area contributed by atoms with Crippen molar-refractivity contribution in [3.8, 4) is 0 Å². The maximum Gasteiger partial charge on any atom is 0.338 e. The predicted octanol–water partition coefficient (Wildman–Crippen LogP) is 3.18. The van der Waals surface area contributed by atoms with E-state index in [1.165, 1.54) is 24.0 Å². The lowest BCUT2D eigenvalue weighted by Gasteiger charge is -2.26. The third kappa shape index (κ3) is 2.99. The molecule has 21 heavy (non-hydrogen) atoms. The summed E-state index contributed by atoms with van der Waals surface area (Å²) in [6.45, 7) is 3.20. The number of carbonyl (C=O) groups is 1. The molecule has 0 N–H and O–H groups in total. The molecule has 2 aromatic rings. The van der Waals surface area contributed by atoms with Crippen LogP contribution in [-0.2, 0) is 17.7 Å². The summed E-state index contributed by atoms with van der Waals surface area (Å²) in [6, 6.07) is 6.00. The van der Waals surface area contributed by atoms with E-state index in [9.17, 15) is 4.79 Å². The number of hydrogen-bond donors (Lipinski definition) is 0. The second-order valence-corrected chi connectivity index (χ2v) is 5.48. The molecule has 110 valence electrons. The van der Waals surface area contributed by atoms with E-state index in [-0.39, 0.29) is 5.97 Å². The number of rotatable bonds is 4. The van der Waals surface area contributed by atoms with Gasteiger partial charge in [-0.3, -0.25) is 0 Å². The van der Waals surface area contributed by atoms with Crippen molar-refractivity contribution in [2.45, 2.75) is 38.6 Å². The van der Waals surface area contributed by atoms with Crippen LogP contribution >= 0.6 is 0 Å². The minimum atomic E-state index is -0.225. The largest absolute Gasteiger partial charge is 0.462 e. The maximum atomic E-state index is 11.8. The van der Waals surface area contributed by atoms with Crippen molar-refractivity contribution in [1.29, 1.82) is 0 Å². The van der Waals surface area contributed by atoms with E-state index in [4.69, 9.17) is 4.74 Å². The second kappa shape index (κ2) is 6.12. The average molecular weight is 284 g/mol. The van der Waals surface area contributed by atoms with Gasteiger partial charge in [-0.25, -0.2) is 9.78 Å². The van der Waals surface area contributed by atoms with Crippen LogP contribution in [0.3, 0.4) is 0 Å². The lowest BCUT2D eigenvalue weighted by molar-refractivity contribution is 0.0526. The van der Waals surface area contributed by atoms with Gasteiger partial charge >= 0.3 is 5.97 Å². The Hall–Kier alpha value is -2.10. The van der Waals surface area contributed by atoms with Crippen molar-refractivity contribution in [3.63, 3.8) is 0 Å². The summed E-state index contributed by atoms with van der Waals surface area (Å²) < 4.78 is 7.20. The summed E-state index contributed by atoms with van der Waals surface area (Å²) in [4.78, 5) is 15.9. The Kier molecular flexibility index (Phi) is 4.04. The van der Waals surface area contributed by atoms with Crippen molar-refractivity contribution in [1.82, 2.24) is 9.55 Å². The molecular weight excluding hydrogens is 264 g/mol. The summed E-state index contributed by atoms with van der Waals surface area (Å²) >= 11 is 0. The van der Waals surface area contributed by atoms with Gasteiger partial charge in [-0.15, -0.1) is 0 Å². The monoisotopic (exact) mass is 284 g/mol. The Morgan fingerprint density at radius 1 is 1.48 bits per heavy atom. The van der Waals surface area contributed by atoms with E-state index in [0.29, 0.717) is 18.1 Å². The SMILES string of the molecule is CCOC(=O)c1ccc2c(c1)CCCC2Cn1ccnc1. The van der Waals surface area contributed by atoms with E-state index in [0.717, 1.165) is 13.0 Å². The van der Waals surface area contributed by atoms with Gasteiger partial charge in [0.25, 0.3) is 0 Å². The summed E-state index contributed by atoms with van der Waals surface area (Å²) in [5.41, 5.74) is 3.32. The molecule has 0 saturated heterocycles. The number of carbonyl (C=O) groups excluding carboxylic acids is 1. The quantitative estimate of drug-likeness (QED) is 0.810. The highest BCUT2D eigenvalue weighted by molar-refractivity contribution is 5.89. The fourth-order valence-corrected chi connectivity index (χ4v) is 3.10. The molecule has 1 aromatic carbocycles. The number of nitrogens with zero attached hydrogens (tertiary/aromatic N) is 2. The molecule has 1 aliphatic carbocycles. The first-order valence-electron chi connectivity index (χ1n) is 7.53. The number of ether oxygens (including phenoxy) is 1. The minimum Gasteiger partial charge on any atom is -0.462 e. The molecule has 0 amide bonds. The Morgan fingerprint density at radius 2 is 2.38 bits per heavy atom. The van der Waals surface area contributed by atoms with Crippen molar-refractivity contribution >= 4 is 5.97 Å². The summed E-state index contributed by atoms with van der Waals surface area (Å²) in [7, 11) is 0. The van der Waals surface area contributed by atoms with Gasteiger partial charge in [0.05, 0.1) is 18.5 Å². The number of esters is 1. The lowest BCUT2D eigenvalue weighted by Crippen LogP contribution is -2.16. The van der Waals surface area contributed by atoms with Gasteiger partial charge < -0.3 is 9.30 Å². The fourth-order valence-electron chi connectivity index (χ4n) is 3.10. The molecule has 4 heteroatoms. The molecule has 1 aliphatic rings. The second-order valence-electron chi connectivity index (χ2n) is 5.48. The van der Waals surface area contributed by atoms with E-state index in [2.05, 4.69) is 15.6 Å². The molecule has 1 unspecified atom stereocenters. The first-order valence-corrected chi connectivity index (χ1v) is 7.53. The van der Waals surface area contributed by atoms with Crippen LogP contribution in [0.1, 0.15) is 47.2 Å². The van der Waals surface area contributed by atoms with Crippen LogP contribution in [0.4, 0.5) is 0 Å². The molecule has 0 aliphatic heterocycles. The van der Waals surface area contributed by atoms with Gasteiger partial charge in [-0.1, -0.05) is 6.07 Å². The van der Waals surface area contributed by atoms with Crippen LogP contribution in [0, 0.1) is 0 Å². The average Bonchev–Trinajstić information content (AvgIpc) is 3.00. The number of hydrogen-bond acceptors (Lipinski definition) is 3. The van der Waals surface area contributed by atoms with E-state index in [1.54, 1.807) is 0 Å². The van der Waals surface area contributed by atoms with Crippen LogP contribution in [0.15, 0.2) is 36.9 Å². The van der Waals surface area contributed by atoms with Crippen molar-refractivity contribution < 1.29 is 9.53 Å². The van der Waals surface area contributed by atoms with Crippen LogP contribution in [0.25, 0.3) is 0 Å². The third-order valence-electron chi connectivity index (χ3n) is 4.08. The molecule has 0 radical (unpaired) electrons. The molecule has 1 atom stereocenters. The summed E-state index contributed by atoms with van der Waals surface area (Å²) in [5.74, 6) is 0.274. The number of benzene rings is 1. The molecular formula is C17H20N2O2. The van der Waals surface area contributed by atoms with Gasteiger partial charge in [0.2, 0.25) is 0 Å². The molecule has 4 nitrogen and oxygen atoms in total. The highest BCUT2D eigenvalue weighted by Crippen LogP contribution is 2.33. The van der Waals surface area contributed by atoms with Gasteiger partial charge in [0, 0.05) is 24.9 Å². The fraction of sp³-hybridized carbons (Fsp3) is 0.412. The number of imidazole rings is 1. The Labute approximate surface area is 124 Å². The Morgan fingerprint density at radius 3 is 3.14 bits per heavy atom. The van der Waals surface area contributed by atoms with Gasteiger partial charge in [0.1, 0.15) is 0 Å². The number of aryl methyl sites for hydroxylation is 1. The summed E-state index contributed by atoms with van der Waals surface area (Å²) in [6.07, 6.45) is 9.07. The zero-order valence-corrected chi connectivity index (χ0v) is 12.3. The lowest BCUT2D eigenvalue weighted by atomic mass is 9.82. The van der Waals surface area contributed by atoms with Gasteiger partial charge in [0.15, 0.2) is 0 Å². The van der Waals surface area contributed by atoms with Crippen molar-refractivity contribution in [3.05, 3.63) is 53.6 Å². The van der Waals surface area contributed by atoms with Gasteiger partial charge in [-0.05, 0) is 49.4 Å². The topological polar surface area (TPSA) is 44.1 Å². The standard InChI is InChI=1S/C17H20N2O2/c1-2-21-17(20)14-6-7-16-13(10-14)4-3-5-15(16)11-19-9-8-18-12-19/h6-10,12,15H,2-5,11H2,1H3. The molecule has 0 saturated carbocycles. The van der Waals surface area contributed by atoms with Crippen LogP contribution < -0.4 is 0 Å².